The summed E-state index contributed by atoms with van der Waals surface area (Å²) in [6, 6.07) is 11.5. The number of hydrogen-bond acceptors (Lipinski definition) is 6. The summed E-state index contributed by atoms with van der Waals surface area (Å²) in [6.07, 6.45) is 1.33. The predicted molar refractivity (Wildman–Crippen MR) is 123 cm³/mol. The third-order valence-corrected chi connectivity index (χ3v) is 5.00. The van der Waals surface area contributed by atoms with Crippen molar-refractivity contribution in [3.63, 3.8) is 0 Å². The molecule has 0 unspecified atom stereocenters. The van der Waals surface area contributed by atoms with Crippen molar-refractivity contribution in [3.05, 3.63) is 70.6 Å². The number of halogens is 1. The van der Waals surface area contributed by atoms with Gasteiger partial charge in [-0.15, -0.1) is 0 Å². The van der Waals surface area contributed by atoms with Gasteiger partial charge in [0.1, 0.15) is 18.0 Å². The fraction of sp³-hybridized carbons (Fsp3) is 0.150. The molecule has 0 saturated carbocycles. The molecule has 0 aliphatic heterocycles. The van der Waals surface area contributed by atoms with Gasteiger partial charge in [-0.25, -0.2) is 24.3 Å². The van der Waals surface area contributed by atoms with Gasteiger partial charge in [-0.1, -0.05) is 41.9 Å². The van der Waals surface area contributed by atoms with Gasteiger partial charge in [0.25, 0.3) is 5.69 Å². The van der Waals surface area contributed by atoms with Gasteiger partial charge in [0, 0.05) is 11.1 Å². The molecule has 3 N–H and O–H groups in total. The zero-order valence-electron chi connectivity index (χ0n) is 16.3. The Kier molecular flexibility index (Phi) is 6.10. The van der Waals surface area contributed by atoms with Gasteiger partial charge in [0.2, 0.25) is 0 Å². The first-order chi connectivity index (χ1) is 14.0. The van der Waals surface area contributed by atoms with Gasteiger partial charge in [-0.2, -0.15) is 18.6 Å². The maximum atomic E-state index is 7.37. The molecule has 0 bridgehead atoms. The Morgan fingerprint density at radius 3 is 2.67 bits per heavy atom. The Morgan fingerprint density at radius 2 is 1.97 bits per heavy atom. The largest absolute Gasteiger partial charge is 0.392 e. The van der Waals surface area contributed by atoms with E-state index < -0.39 is 0 Å². The van der Waals surface area contributed by atoms with E-state index in [0.717, 1.165) is 16.8 Å². The van der Waals surface area contributed by atoms with Crippen LogP contribution in [0.3, 0.4) is 0 Å². The Morgan fingerprint density at radius 1 is 1.23 bits per heavy atom. The van der Waals surface area contributed by atoms with E-state index in [0.29, 0.717) is 22.3 Å². The molecule has 3 aromatic heterocycles. The number of imidazole rings is 1. The lowest BCUT2D eigenvalue weighted by molar-refractivity contribution is 0.841. The summed E-state index contributed by atoms with van der Waals surface area (Å²) in [5, 5.41) is 8.49. The van der Waals surface area contributed by atoms with Crippen LogP contribution in [0.2, 0.25) is 5.15 Å². The van der Waals surface area contributed by atoms with E-state index in [1.54, 1.807) is 4.52 Å². The molecule has 4 aromatic rings. The van der Waals surface area contributed by atoms with Crippen LogP contribution in [0.4, 0.5) is 17.3 Å². The summed E-state index contributed by atoms with van der Waals surface area (Å²) in [4.78, 5) is 16.0. The maximum absolute atomic E-state index is 7.37. The number of anilines is 2. The minimum Gasteiger partial charge on any atom is -0.392 e. The number of hydrogen-bond donors (Lipinski definition) is 2. The van der Waals surface area contributed by atoms with E-state index in [-0.39, 0.29) is 31.0 Å². The molecule has 0 saturated heterocycles. The van der Waals surface area contributed by atoms with Gasteiger partial charge in [-0.05, 0) is 19.9 Å². The van der Waals surface area contributed by atoms with Gasteiger partial charge in [-0.3, -0.25) is 0 Å². The first kappa shape index (κ1) is 21.4. The van der Waals surface area contributed by atoms with Crippen LogP contribution in [-0.2, 0) is 0 Å². The van der Waals surface area contributed by atoms with Crippen molar-refractivity contribution < 1.29 is 0 Å². The first-order valence-electron chi connectivity index (χ1n) is 8.85. The van der Waals surface area contributed by atoms with Gasteiger partial charge in [0.15, 0.2) is 10.8 Å². The molecular weight excluding hydrogens is 420 g/mol. The zero-order valence-corrected chi connectivity index (χ0v) is 18.0. The predicted octanol–water partition coefficient (Wildman–Crippen LogP) is 4.57. The van der Waals surface area contributed by atoms with Crippen molar-refractivity contribution in [2.75, 3.05) is 11.1 Å². The Bertz CT molecular complexity index is 1250. The standard InChI is InChI=1S/C20H17ClN8.H2S/c1-11(27-20-17(23-3)19(22)24-10-25-20)14-9-15-26-12(2)18(21)29(15)28-16(14)13-7-5-4-6-8-13;/h4-11H,1-2H3,(H3,22,24,25,27);1H2/t11-;/m0./s1. The van der Waals surface area contributed by atoms with Gasteiger partial charge in [0.05, 0.1) is 24.0 Å². The molecule has 4 rings (SSSR count). The summed E-state index contributed by atoms with van der Waals surface area (Å²) < 4.78 is 1.63. The minimum absolute atomic E-state index is 0. The number of aryl methyl sites for hydroxylation is 1. The van der Waals surface area contributed by atoms with E-state index in [1.807, 2.05) is 50.2 Å². The van der Waals surface area contributed by atoms with Crippen LogP contribution in [0.15, 0.2) is 42.7 Å². The van der Waals surface area contributed by atoms with Gasteiger partial charge >= 0.3 is 0 Å². The number of nitrogen functional groups attached to an aromatic ring is 1. The second kappa shape index (κ2) is 8.57. The molecule has 30 heavy (non-hydrogen) atoms. The summed E-state index contributed by atoms with van der Waals surface area (Å²) in [6.45, 7) is 11.2. The smallest absolute Gasteiger partial charge is 0.268 e. The number of benzene rings is 1. The zero-order chi connectivity index (χ0) is 20.5. The number of nitrogens with zero attached hydrogens (tertiary/aromatic N) is 6. The summed E-state index contributed by atoms with van der Waals surface area (Å²) >= 11 is 6.38. The van der Waals surface area contributed by atoms with Crippen molar-refractivity contribution in [1.82, 2.24) is 24.6 Å². The molecule has 8 nitrogen and oxygen atoms in total. The molecule has 10 heteroatoms. The van der Waals surface area contributed by atoms with E-state index >= 15 is 0 Å². The average molecular weight is 439 g/mol. The van der Waals surface area contributed by atoms with E-state index in [4.69, 9.17) is 29.0 Å². The molecule has 0 radical (unpaired) electrons. The highest BCUT2D eigenvalue weighted by Gasteiger charge is 2.20. The van der Waals surface area contributed by atoms with Crippen LogP contribution in [0, 0.1) is 13.5 Å². The third kappa shape index (κ3) is 3.75. The maximum Gasteiger partial charge on any atom is 0.268 e. The number of aromatic nitrogens is 5. The number of nitrogens with two attached hydrogens (primary N) is 1. The number of nitrogens with one attached hydrogen (secondary N) is 1. The number of fused-ring (bicyclic) bond motifs is 1. The van der Waals surface area contributed by atoms with Crippen molar-refractivity contribution >= 4 is 48.1 Å². The molecule has 0 aliphatic rings. The second-order valence-electron chi connectivity index (χ2n) is 6.51. The molecular formula is C20H19ClN8S. The SMILES string of the molecule is S.[C-]#[N+]c1c(N)ncnc1N[C@@H](C)c1cc2nc(C)c(Cl)n2nc1-c1ccccc1. The van der Waals surface area contributed by atoms with E-state index in [1.165, 1.54) is 6.33 Å². The molecule has 1 atom stereocenters. The lowest BCUT2D eigenvalue weighted by Crippen LogP contribution is -2.12. The molecule has 152 valence electrons. The second-order valence-corrected chi connectivity index (χ2v) is 6.86. The summed E-state index contributed by atoms with van der Waals surface area (Å²) in [7, 11) is 0. The quantitative estimate of drug-likeness (QED) is 0.453. The van der Waals surface area contributed by atoms with Crippen LogP contribution in [0.1, 0.15) is 24.2 Å². The molecule has 0 amide bonds. The Balaban J connectivity index is 0.00000256. The van der Waals surface area contributed by atoms with Crippen molar-refractivity contribution in [2.45, 2.75) is 19.9 Å². The highest BCUT2D eigenvalue weighted by molar-refractivity contribution is 7.59. The van der Waals surface area contributed by atoms with E-state index in [9.17, 15) is 0 Å². The molecule has 0 aliphatic carbocycles. The van der Waals surface area contributed by atoms with Crippen LogP contribution in [0.25, 0.3) is 21.7 Å². The Labute approximate surface area is 185 Å². The first-order valence-corrected chi connectivity index (χ1v) is 9.23. The normalized spacial score (nSPS) is 11.5. The molecule has 1 aromatic carbocycles. The molecule has 0 fully saturated rings. The topological polar surface area (TPSA) is 98.4 Å². The monoisotopic (exact) mass is 438 g/mol. The number of rotatable bonds is 4. The van der Waals surface area contributed by atoms with Crippen molar-refractivity contribution in [2.24, 2.45) is 0 Å². The van der Waals surface area contributed by atoms with Crippen molar-refractivity contribution in [3.8, 4) is 11.3 Å². The average Bonchev–Trinajstić information content (AvgIpc) is 3.01. The lowest BCUT2D eigenvalue weighted by Gasteiger charge is -2.19. The van der Waals surface area contributed by atoms with E-state index in [2.05, 4.69) is 25.1 Å². The highest BCUT2D eigenvalue weighted by atomic mass is 35.5. The van der Waals surface area contributed by atoms with Crippen LogP contribution in [-0.4, -0.2) is 24.6 Å². The van der Waals surface area contributed by atoms with Crippen LogP contribution >= 0.6 is 25.1 Å². The van der Waals surface area contributed by atoms with Crippen LogP contribution in [0.5, 0.6) is 0 Å². The fourth-order valence-corrected chi connectivity index (χ4v) is 3.28. The summed E-state index contributed by atoms with van der Waals surface area (Å²) in [5.41, 5.74) is 9.93. The third-order valence-electron chi connectivity index (χ3n) is 4.57. The molecule has 3 heterocycles. The summed E-state index contributed by atoms with van der Waals surface area (Å²) in [5.74, 6) is 0.508. The minimum atomic E-state index is -0.242. The lowest BCUT2D eigenvalue weighted by atomic mass is 10.0. The highest BCUT2D eigenvalue weighted by Crippen LogP contribution is 2.34. The Hall–Kier alpha value is -3.35. The molecule has 0 spiro atoms. The van der Waals surface area contributed by atoms with Gasteiger partial charge < -0.3 is 11.1 Å². The van der Waals surface area contributed by atoms with Crippen LogP contribution < -0.4 is 11.1 Å². The van der Waals surface area contributed by atoms with Crippen molar-refractivity contribution in [1.29, 1.82) is 0 Å². The fourth-order valence-electron chi connectivity index (χ4n) is 3.11.